The van der Waals surface area contributed by atoms with Crippen LogP contribution in [0.25, 0.3) is 0 Å². The van der Waals surface area contributed by atoms with E-state index in [9.17, 15) is 14.4 Å². The number of unbranched alkanes of at least 4 members (excludes halogenated alkanes) is 7. The molecule has 132 valence electrons. The van der Waals surface area contributed by atoms with Gasteiger partial charge in [-0.3, -0.25) is 9.59 Å². The van der Waals surface area contributed by atoms with Gasteiger partial charge in [-0.1, -0.05) is 51.9 Å². The van der Waals surface area contributed by atoms with Crippen LogP contribution in [0.1, 0.15) is 77.6 Å². The van der Waals surface area contributed by atoms with Crippen LogP contribution in [0.2, 0.25) is 0 Å². The summed E-state index contributed by atoms with van der Waals surface area (Å²) in [5, 5.41) is 19.9. The van der Waals surface area contributed by atoms with E-state index >= 15 is 0 Å². The molecule has 0 unspecified atom stereocenters. The molecule has 0 bridgehead atoms. The SMILES string of the molecule is CCCCCCCCCCC(=O)N[C@@H](CCC(=O)O)C(=O)O.[KH].[KH]. The first kappa shape index (κ1) is 30.4. The van der Waals surface area contributed by atoms with E-state index in [4.69, 9.17) is 10.2 Å². The molecule has 0 saturated carbocycles. The summed E-state index contributed by atoms with van der Waals surface area (Å²) in [6.45, 7) is 2.18. The molecule has 8 heteroatoms. The van der Waals surface area contributed by atoms with E-state index < -0.39 is 18.0 Å². The van der Waals surface area contributed by atoms with Crippen molar-refractivity contribution in [3.63, 3.8) is 0 Å². The first-order valence-corrected chi connectivity index (χ1v) is 8.21. The molecule has 0 spiro atoms. The predicted molar refractivity (Wildman–Crippen MR) is 98.0 cm³/mol. The molecule has 0 radical (unpaired) electrons. The molecular formula is C16H31K2NO5. The maximum absolute atomic E-state index is 11.7. The molecule has 6 nitrogen and oxygen atoms in total. The van der Waals surface area contributed by atoms with E-state index in [2.05, 4.69) is 12.2 Å². The number of aliphatic carboxylic acids is 2. The Labute approximate surface area is 230 Å². The van der Waals surface area contributed by atoms with E-state index in [1.54, 1.807) is 0 Å². The van der Waals surface area contributed by atoms with Gasteiger partial charge in [0.1, 0.15) is 6.04 Å². The van der Waals surface area contributed by atoms with Crippen LogP contribution in [-0.2, 0) is 14.4 Å². The number of carbonyl (C=O) groups excluding carboxylic acids is 1. The Morgan fingerprint density at radius 1 is 0.833 bits per heavy atom. The zero-order valence-corrected chi connectivity index (χ0v) is 13.5. The first-order chi connectivity index (χ1) is 10.5. The average molecular weight is 396 g/mol. The summed E-state index contributed by atoms with van der Waals surface area (Å²) in [7, 11) is 0. The summed E-state index contributed by atoms with van der Waals surface area (Å²) in [6, 6.07) is -1.11. The van der Waals surface area contributed by atoms with Crippen LogP contribution in [0.5, 0.6) is 0 Å². The second-order valence-corrected chi connectivity index (χ2v) is 5.62. The van der Waals surface area contributed by atoms with Gasteiger partial charge in [0.2, 0.25) is 5.91 Å². The number of hydrogen-bond donors (Lipinski definition) is 3. The molecule has 0 aromatic heterocycles. The van der Waals surface area contributed by atoms with Gasteiger partial charge in [-0.15, -0.1) is 0 Å². The molecule has 0 heterocycles. The number of carbonyl (C=O) groups is 3. The molecule has 0 fully saturated rings. The van der Waals surface area contributed by atoms with Crippen molar-refractivity contribution >= 4 is 121 Å². The Kier molecular flexibility index (Phi) is 26.6. The van der Waals surface area contributed by atoms with E-state index in [-0.39, 0.29) is 122 Å². The van der Waals surface area contributed by atoms with Gasteiger partial charge in [-0.05, 0) is 12.8 Å². The molecule has 0 rings (SSSR count). The number of nitrogens with one attached hydrogen (secondary N) is 1. The van der Waals surface area contributed by atoms with Crippen molar-refractivity contribution < 1.29 is 24.6 Å². The summed E-state index contributed by atoms with van der Waals surface area (Å²) in [5.74, 6) is -2.57. The number of amides is 1. The third-order valence-corrected chi connectivity index (χ3v) is 3.54. The fourth-order valence-corrected chi connectivity index (χ4v) is 2.21. The van der Waals surface area contributed by atoms with Crippen LogP contribution >= 0.6 is 0 Å². The van der Waals surface area contributed by atoms with Gasteiger partial charge in [-0.2, -0.15) is 0 Å². The molecule has 0 aromatic rings. The van der Waals surface area contributed by atoms with Crippen molar-refractivity contribution in [2.45, 2.75) is 83.6 Å². The molecule has 24 heavy (non-hydrogen) atoms. The number of carboxylic acid groups (broad SMARTS) is 2. The van der Waals surface area contributed by atoms with Crippen molar-refractivity contribution in [1.29, 1.82) is 0 Å². The molecular weight excluding hydrogens is 364 g/mol. The molecule has 0 aliphatic rings. The second-order valence-electron chi connectivity index (χ2n) is 5.62. The van der Waals surface area contributed by atoms with Gasteiger partial charge in [0.05, 0.1) is 0 Å². The molecule has 1 atom stereocenters. The van der Waals surface area contributed by atoms with E-state index in [0.717, 1.165) is 19.3 Å². The predicted octanol–water partition coefficient (Wildman–Crippen LogP) is 1.65. The van der Waals surface area contributed by atoms with Crippen molar-refractivity contribution in [2.75, 3.05) is 0 Å². The monoisotopic (exact) mass is 395 g/mol. The molecule has 0 aliphatic carbocycles. The van der Waals surface area contributed by atoms with Gasteiger partial charge < -0.3 is 15.5 Å². The van der Waals surface area contributed by atoms with Crippen molar-refractivity contribution in [3.05, 3.63) is 0 Å². The summed E-state index contributed by atoms with van der Waals surface area (Å²) >= 11 is 0. The summed E-state index contributed by atoms with van der Waals surface area (Å²) in [4.78, 5) is 33.0. The Morgan fingerprint density at radius 2 is 1.33 bits per heavy atom. The Hall–Kier alpha value is 1.68. The van der Waals surface area contributed by atoms with Crippen LogP contribution in [0.15, 0.2) is 0 Å². The van der Waals surface area contributed by atoms with Crippen LogP contribution in [0, 0.1) is 0 Å². The van der Waals surface area contributed by atoms with Crippen molar-refractivity contribution in [3.8, 4) is 0 Å². The van der Waals surface area contributed by atoms with Gasteiger partial charge in [-0.25, -0.2) is 4.79 Å². The van der Waals surface area contributed by atoms with Crippen molar-refractivity contribution in [1.82, 2.24) is 5.32 Å². The summed E-state index contributed by atoms with van der Waals surface area (Å²) < 4.78 is 0. The quantitative estimate of drug-likeness (QED) is 0.306. The third kappa shape index (κ3) is 20.0. The van der Waals surface area contributed by atoms with Gasteiger partial charge in [0.15, 0.2) is 0 Å². The second kappa shape index (κ2) is 21.0. The van der Waals surface area contributed by atoms with Crippen LogP contribution in [-0.4, -0.2) is 137 Å². The Morgan fingerprint density at radius 3 is 1.79 bits per heavy atom. The molecule has 0 aliphatic heterocycles. The van der Waals surface area contributed by atoms with E-state index in [1.807, 2.05) is 0 Å². The fourth-order valence-electron chi connectivity index (χ4n) is 2.21. The zero-order valence-electron chi connectivity index (χ0n) is 13.5. The van der Waals surface area contributed by atoms with Crippen LogP contribution in [0.3, 0.4) is 0 Å². The zero-order chi connectivity index (χ0) is 16.8. The molecule has 0 aromatic carbocycles. The van der Waals surface area contributed by atoms with E-state index in [1.165, 1.54) is 32.1 Å². The average Bonchev–Trinajstić information content (AvgIpc) is 2.45. The third-order valence-electron chi connectivity index (χ3n) is 3.54. The molecule has 3 N–H and O–H groups in total. The number of hydrogen-bond acceptors (Lipinski definition) is 3. The standard InChI is InChI=1S/C16H29NO5.2K.2H/c1-2-3-4-5-6-7-8-9-10-14(18)17-13(16(21)22)11-12-15(19)20;;;;/h13H,2-12H2,1H3,(H,17,18)(H,19,20)(H,21,22);;;;/t13-;;;;/m0..../s1. The fraction of sp³-hybridized carbons (Fsp3) is 0.812. The summed E-state index contributed by atoms with van der Waals surface area (Å²) in [5.41, 5.74) is 0. The molecule has 1 amide bonds. The Balaban J connectivity index is -0.00000220. The first-order valence-electron chi connectivity index (χ1n) is 8.21. The topological polar surface area (TPSA) is 104 Å². The van der Waals surface area contributed by atoms with Crippen LogP contribution in [0.4, 0.5) is 0 Å². The minimum absolute atomic E-state index is 0. The van der Waals surface area contributed by atoms with E-state index in [0.29, 0.717) is 6.42 Å². The Bertz CT molecular complexity index is 353. The molecule has 0 saturated heterocycles. The van der Waals surface area contributed by atoms with Gasteiger partial charge in [0.25, 0.3) is 0 Å². The van der Waals surface area contributed by atoms with Gasteiger partial charge in [0, 0.05) is 12.8 Å². The maximum atomic E-state index is 11.7. The van der Waals surface area contributed by atoms with Crippen molar-refractivity contribution in [2.24, 2.45) is 0 Å². The van der Waals surface area contributed by atoms with Crippen LogP contribution < -0.4 is 5.32 Å². The van der Waals surface area contributed by atoms with Gasteiger partial charge >= 0.3 is 115 Å². The summed E-state index contributed by atoms with van der Waals surface area (Å²) in [6.07, 6.45) is 8.92. The number of rotatable bonds is 14. The minimum atomic E-state index is -1.19. The number of carboxylic acids is 2. The normalized spacial score (nSPS) is 10.9.